The molecule has 1 aromatic heterocycles. The van der Waals surface area contributed by atoms with E-state index in [2.05, 4.69) is 25.9 Å². The smallest absolute Gasteiger partial charge is 0.383 e. The number of aromatic amines is 1. The number of nitro groups is 1. The minimum absolute atomic E-state index is 0.00879. The average molecular weight is 380 g/mol. The van der Waals surface area contributed by atoms with Gasteiger partial charge in [0.25, 0.3) is 0 Å². The third-order valence-corrected chi connectivity index (χ3v) is 5.94. The maximum Gasteiger partial charge on any atom is 0.383 e. The van der Waals surface area contributed by atoms with Crippen LogP contribution in [0.1, 0.15) is 31.0 Å². The molecule has 8 heteroatoms. The Labute approximate surface area is 139 Å². The molecule has 23 heavy (non-hydrogen) atoms. The molecule has 120 valence electrons. The lowest BCUT2D eigenvalue weighted by Crippen LogP contribution is -2.55. The van der Waals surface area contributed by atoms with Gasteiger partial charge in [-0.1, -0.05) is 15.9 Å². The first-order valence-electron chi connectivity index (χ1n) is 7.47. The zero-order valence-electron chi connectivity index (χ0n) is 12.0. The summed E-state index contributed by atoms with van der Waals surface area (Å²) in [6, 6.07) is 5.49. The van der Waals surface area contributed by atoms with E-state index in [9.17, 15) is 20.0 Å². The van der Waals surface area contributed by atoms with Gasteiger partial charge in [0.2, 0.25) is 0 Å². The largest absolute Gasteiger partial charge is 0.476 e. The molecule has 4 rings (SSSR count). The Bertz CT molecular complexity index is 819. The molecule has 2 bridgehead atoms. The summed E-state index contributed by atoms with van der Waals surface area (Å²) in [6.07, 6.45) is 2.00. The minimum atomic E-state index is -1.96. The Morgan fingerprint density at radius 1 is 1.48 bits per heavy atom. The molecule has 4 atom stereocenters. The number of aromatic nitrogens is 2. The second-order valence-corrected chi connectivity index (χ2v) is 7.33. The fraction of sp³-hybridized carbons (Fsp3) is 0.467. The van der Waals surface area contributed by atoms with Gasteiger partial charge in [-0.3, -0.25) is 10.1 Å². The van der Waals surface area contributed by atoms with Gasteiger partial charge in [0.15, 0.2) is 0 Å². The zero-order valence-corrected chi connectivity index (χ0v) is 13.6. The van der Waals surface area contributed by atoms with E-state index in [-0.39, 0.29) is 5.92 Å². The van der Waals surface area contributed by atoms with Crippen molar-refractivity contribution in [3.05, 3.63) is 38.6 Å². The third-order valence-electron chi connectivity index (χ3n) is 5.44. The first kappa shape index (κ1) is 14.6. The molecular formula is C15H14BrN3O4. The van der Waals surface area contributed by atoms with E-state index < -0.39 is 28.3 Å². The van der Waals surface area contributed by atoms with E-state index in [0.29, 0.717) is 24.2 Å². The van der Waals surface area contributed by atoms with Crippen LogP contribution in [0.25, 0.3) is 11.0 Å². The molecule has 1 aromatic carbocycles. The molecule has 2 aliphatic carbocycles. The highest BCUT2D eigenvalue weighted by Gasteiger charge is 2.73. The number of carboxylic acids is 1. The van der Waals surface area contributed by atoms with Crippen LogP contribution in [0.15, 0.2) is 22.7 Å². The van der Waals surface area contributed by atoms with Crippen molar-refractivity contribution in [3.63, 3.8) is 0 Å². The zero-order chi connectivity index (χ0) is 16.4. The van der Waals surface area contributed by atoms with Crippen LogP contribution in [-0.2, 0) is 4.79 Å². The van der Waals surface area contributed by atoms with E-state index in [4.69, 9.17) is 0 Å². The van der Waals surface area contributed by atoms with Crippen LogP contribution >= 0.6 is 15.9 Å². The van der Waals surface area contributed by atoms with Crippen LogP contribution in [0.4, 0.5) is 0 Å². The highest BCUT2D eigenvalue weighted by atomic mass is 79.9. The number of fused-ring (bicyclic) bond motifs is 3. The summed E-state index contributed by atoms with van der Waals surface area (Å²) in [6.45, 7) is 0. The summed E-state index contributed by atoms with van der Waals surface area (Å²) in [7, 11) is 0. The fourth-order valence-electron chi connectivity index (χ4n) is 4.56. The molecule has 2 N–H and O–H groups in total. The van der Waals surface area contributed by atoms with Gasteiger partial charge in [0.05, 0.1) is 11.0 Å². The molecule has 2 saturated carbocycles. The number of hydrogen-bond acceptors (Lipinski definition) is 4. The van der Waals surface area contributed by atoms with Gasteiger partial charge in [-0.15, -0.1) is 0 Å². The lowest BCUT2D eigenvalue weighted by molar-refractivity contribution is -0.568. The number of aliphatic carboxylic acids is 1. The Kier molecular flexibility index (Phi) is 3.03. The van der Waals surface area contributed by atoms with Crippen molar-refractivity contribution >= 4 is 32.9 Å². The number of carbonyl (C=O) groups is 1. The first-order chi connectivity index (χ1) is 10.9. The molecule has 2 fully saturated rings. The number of nitrogens with zero attached hydrogens (tertiary/aromatic N) is 2. The maximum atomic E-state index is 11.9. The number of benzene rings is 1. The second kappa shape index (κ2) is 4.77. The molecule has 7 nitrogen and oxygen atoms in total. The third kappa shape index (κ3) is 1.81. The van der Waals surface area contributed by atoms with E-state index in [1.165, 1.54) is 0 Å². The van der Waals surface area contributed by atoms with Crippen molar-refractivity contribution in [2.45, 2.75) is 30.7 Å². The SMILES string of the molecule is O=C(O)C1([N+](=O)[O-])C2CCC(C2)C1c1nc2ccc(Br)cc2[nH]1. The standard InChI is InChI=1S/C15H14BrN3O4/c16-9-3-4-10-11(6-9)18-13(17-10)12-7-1-2-8(5-7)15(12,14(20)21)19(22)23/h3-4,6-8,12H,1-2,5H2,(H,17,18)(H,20,21). The summed E-state index contributed by atoms with van der Waals surface area (Å²) in [4.78, 5) is 30.7. The van der Waals surface area contributed by atoms with Crippen LogP contribution in [0.3, 0.4) is 0 Å². The average Bonchev–Trinajstić information content (AvgIpc) is 3.17. The molecule has 0 aliphatic heterocycles. The molecule has 0 amide bonds. The van der Waals surface area contributed by atoms with Crippen molar-refractivity contribution in [1.82, 2.24) is 9.97 Å². The number of H-pyrrole nitrogens is 1. The highest BCUT2D eigenvalue weighted by Crippen LogP contribution is 2.59. The predicted octanol–water partition coefficient (Wildman–Crippen LogP) is 2.94. The quantitative estimate of drug-likeness (QED) is 0.629. The summed E-state index contributed by atoms with van der Waals surface area (Å²) in [5, 5.41) is 21.5. The van der Waals surface area contributed by atoms with Crippen LogP contribution in [0.2, 0.25) is 0 Å². The number of imidazole rings is 1. The summed E-state index contributed by atoms with van der Waals surface area (Å²) >= 11 is 3.38. The van der Waals surface area contributed by atoms with Gasteiger partial charge in [-0.2, -0.15) is 0 Å². The molecule has 2 aromatic rings. The van der Waals surface area contributed by atoms with Gasteiger partial charge in [0.1, 0.15) is 11.7 Å². The van der Waals surface area contributed by atoms with E-state index >= 15 is 0 Å². The van der Waals surface area contributed by atoms with Crippen LogP contribution in [0.5, 0.6) is 0 Å². The van der Waals surface area contributed by atoms with Crippen molar-refractivity contribution < 1.29 is 14.8 Å². The van der Waals surface area contributed by atoms with Gasteiger partial charge in [-0.25, -0.2) is 9.78 Å². The van der Waals surface area contributed by atoms with Gasteiger partial charge in [-0.05, 0) is 43.4 Å². The number of hydrogen-bond donors (Lipinski definition) is 2. The summed E-state index contributed by atoms with van der Waals surface area (Å²) in [5.74, 6) is -2.07. The number of nitrogens with one attached hydrogen (secondary N) is 1. The Hall–Kier alpha value is -1.96. The highest BCUT2D eigenvalue weighted by molar-refractivity contribution is 9.10. The molecule has 0 saturated heterocycles. The molecule has 2 aliphatic rings. The van der Waals surface area contributed by atoms with Gasteiger partial charge < -0.3 is 10.1 Å². The molecule has 0 radical (unpaired) electrons. The monoisotopic (exact) mass is 379 g/mol. The second-order valence-electron chi connectivity index (χ2n) is 6.42. The number of halogens is 1. The van der Waals surface area contributed by atoms with Crippen molar-refractivity contribution in [2.24, 2.45) is 11.8 Å². The normalized spacial score (nSPS) is 32.5. The topological polar surface area (TPSA) is 109 Å². The van der Waals surface area contributed by atoms with E-state index in [0.717, 1.165) is 16.4 Å². The van der Waals surface area contributed by atoms with E-state index in [1.807, 2.05) is 12.1 Å². The Morgan fingerprint density at radius 3 is 2.96 bits per heavy atom. The molecule has 1 heterocycles. The first-order valence-corrected chi connectivity index (χ1v) is 8.27. The van der Waals surface area contributed by atoms with E-state index in [1.54, 1.807) is 6.07 Å². The van der Waals surface area contributed by atoms with Gasteiger partial charge in [0, 0.05) is 15.3 Å². The molecule has 4 unspecified atom stereocenters. The lowest BCUT2D eigenvalue weighted by atomic mass is 9.72. The summed E-state index contributed by atoms with van der Waals surface area (Å²) < 4.78 is 0.868. The predicted molar refractivity (Wildman–Crippen MR) is 84.7 cm³/mol. The molecular weight excluding hydrogens is 366 g/mol. The lowest BCUT2D eigenvalue weighted by Gasteiger charge is -2.31. The Morgan fingerprint density at radius 2 is 2.26 bits per heavy atom. The molecule has 0 spiro atoms. The maximum absolute atomic E-state index is 11.9. The van der Waals surface area contributed by atoms with Gasteiger partial charge >= 0.3 is 11.5 Å². The van der Waals surface area contributed by atoms with Crippen LogP contribution in [-0.4, -0.2) is 31.5 Å². The summed E-state index contributed by atoms with van der Waals surface area (Å²) in [5.41, 5.74) is -0.526. The van der Waals surface area contributed by atoms with Crippen LogP contribution < -0.4 is 0 Å². The minimum Gasteiger partial charge on any atom is -0.476 e. The van der Waals surface area contributed by atoms with Crippen molar-refractivity contribution in [3.8, 4) is 0 Å². The fourth-order valence-corrected chi connectivity index (χ4v) is 4.92. The Balaban J connectivity index is 1.90. The number of carboxylic acid groups (broad SMARTS) is 1. The van der Waals surface area contributed by atoms with Crippen molar-refractivity contribution in [2.75, 3.05) is 0 Å². The van der Waals surface area contributed by atoms with Crippen LogP contribution in [0, 0.1) is 22.0 Å². The number of rotatable bonds is 3. The van der Waals surface area contributed by atoms with Crippen molar-refractivity contribution in [1.29, 1.82) is 0 Å².